The number of rotatable bonds is 3. The average molecular weight is 101 g/mol. The molecule has 3 heteroatoms. The lowest BCUT2D eigenvalue weighted by atomic mass is 10.5. The highest BCUT2D eigenvalue weighted by atomic mass is 17.2. The van der Waals surface area contributed by atoms with Crippen LogP contribution in [0.2, 0.25) is 0 Å². The van der Waals surface area contributed by atoms with Gasteiger partial charge in [-0.25, -0.2) is 9.78 Å². The van der Waals surface area contributed by atoms with E-state index in [9.17, 15) is 0 Å². The van der Waals surface area contributed by atoms with Crippen LogP contribution in [0.1, 0.15) is 6.42 Å². The Morgan fingerprint density at radius 3 is 2.86 bits per heavy atom. The van der Waals surface area contributed by atoms with Crippen LogP contribution in [0.25, 0.3) is 0 Å². The Balaban J connectivity index is 2.60. The summed E-state index contributed by atoms with van der Waals surface area (Å²) in [6.45, 7) is 0.354. The molecule has 0 atom stereocenters. The smallest absolute Gasteiger partial charge is 0.0952 e. The maximum atomic E-state index is 7.91. The van der Waals surface area contributed by atoms with Gasteiger partial charge in [0.15, 0.2) is 0 Å². The topological polar surface area (TPSA) is 42.2 Å². The Morgan fingerprint density at radius 2 is 2.43 bits per heavy atom. The van der Waals surface area contributed by atoms with Crippen molar-refractivity contribution < 1.29 is 9.78 Å². The number of hydrogen-bond acceptors (Lipinski definition) is 3. The fraction of sp³-hybridized carbons (Fsp3) is 0.750. The molecular weight excluding hydrogens is 94.0 g/mol. The molecule has 0 saturated heterocycles. The molecular formula is C4H7NO2. The Hall–Kier alpha value is -0.590. The lowest BCUT2D eigenvalue weighted by molar-refractivity contribution is -0.270. The Labute approximate surface area is 42.4 Å². The highest BCUT2D eigenvalue weighted by Gasteiger charge is 1.78. The number of hydrogen-bond donors (Lipinski definition) is 0. The molecule has 0 aromatic carbocycles. The monoisotopic (exact) mass is 101 g/mol. The first-order valence-corrected chi connectivity index (χ1v) is 1.94. The lowest BCUT2D eigenvalue weighted by Gasteiger charge is -1.89. The van der Waals surface area contributed by atoms with Crippen LogP contribution in [0.15, 0.2) is 0 Å². The minimum atomic E-state index is 0.354. The van der Waals surface area contributed by atoms with Gasteiger partial charge in [0.05, 0.1) is 26.2 Å². The van der Waals surface area contributed by atoms with Crippen LogP contribution in [0.5, 0.6) is 0 Å². The molecule has 0 unspecified atom stereocenters. The number of nitriles is 1. The van der Waals surface area contributed by atoms with Gasteiger partial charge in [-0.05, 0) is 0 Å². The van der Waals surface area contributed by atoms with Crippen LogP contribution >= 0.6 is 0 Å². The molecule has 0 fully saturated rings. The van der Waals surface area contributed by atoms with Crippen LogP contribution in [-0.4, -0.2) is 13.7 Å². The standard InChI is InChI=1S/C4H7NO2/c1-6-7-4-2-3-5/h2,4H2,1H3. The summed E-state index contributed by atoms with van der Waals surface area (Å²) in [5, 5.41) is 7.91. The third kappa shape index (κ3) is 5.41. The van der Waals surface area contributed by atoms with Crippen LogP contribution in [0, 0.1) is 11.3 Å². The van der Waals surface area contributed by atoms with Gasteiger partial charge in [0.1, 0.15) is 0 Å². The molecule has 0 amide bonds. The summed E-state index contributed by atoms with van der Waals surface area (Å²) < 4.78 is 0. The third-order valence-corrected chi connectivity index (χ3v) is 0.415. The minimum absolute atomic E-state index is 0.354. The molecule has 0 aliphatic rings. The summed E-state index contributed by atoms with van der Waals surface area (Å²) in [6, 6.07) is 1.90. The second kappa shape index (κ2) is 5.41. The van der Waals surface area contributed by atoms with E-state index in [1.54, 1.807) is 0 Å². The van der Waals surface area contributed by atoms with Crippen LogP contribution in [0.4, 0.5) is 0 Å². The first kappa shape index (κ1) is 6.41. The predicted octanol–water partition coefficient (Wildman–Crippen LogP) is 0.478. The Kier molecular flexibility index (Phi) is 4.95. The molecule has 0 aliphatic heterocycles. The van der Waals surface area contributed by atoms with Gasteiger partial charge in [-0.15, -0.1) is 0 Å². The van der Waals surface area contributed by atoms with E-state index in [-0.39, 0.29) is 0 Å². The van der Waals surface area contributed by atoms with Gasteiger partial charge < -0.3 is 0 Å². The van der Waals surface area contributed by atoms with Crippen molar-refractivity contribution in [3.63, 3.8) is 0 Å². The molecule has 0 heterocycles. The molecule has 0 N–H and O–H groups in total. The molecule has 0 spiro atoms. The largest absolute Gasteiger partial charge is 0.240 e. The molecule has 0 rings (SSSR count). The highest BCUT2D eigenvalue weighted by molar-refractivity contribution is 4.66. The van der Waals surface area contributed by atoms with E-state index in [4.69, 9.17) is 5.26 Å². The van der Waals surface area contributed by atoms with Crippen molar-refractivity contribution in [2.45, 2.75) is 6.42 Å². The number of nitrogens with zero attached hydrogens (tertiary/aromatic N) is 1. The summed E-state index contributed by atoms with van der Waals surface area (Å²) in [6.07, 6.45) is 0.383. The quantitative estimate of drug-likeness (QED) is 0.295. The van der Waals surface area contributed by atoms with Gasteiger partial charge >= 0.3 is 0 Å². The minimum Gasteiger partial charge on any atom is -0.240 e. The summed E-state index contributed by atoms with van der Waals surface area (Å²) >= 11 is 0. The molecule has 0 radical (unpaired) electrons. The normalized spacial score (nSPS) is 8.00. The zero-order chi connectivity index (χ0) is 5.54. The zero-order valence-corrected chi connectivity index (χ0v) is 4.18. The maximum Gasteiger partial charge on any atom is 0.0952 e. The van der Waals surface area contributed by atoms with Crippen molar-refractivity contribution >= 4 is 0 Å². The van der Waals surface area contributed by atoms with E-state index >= 15 is 0 Å². The lowest BCUT2D eigenvalue weighted by Crippen LogP contribution is -1.89. The fourth-order valence-electron chi connectivity index (χ4n) is 0.171. The molecule has 0 aromatic rings. The average Bonchev–Trinajstić information content (AvgIpc) is 1.69. The van der Waals surface area contributed by atoms with Crippen molar-refractivity contribution in [2.24, 2.45) is 0 Å². The molecule has 0 saturated carbocycles. The van der Waals surface area contributed by atoms with Gasteiger partial charge in [-0.1, -0.05) is 0 Å². The molecule has 3 nitrogen and oxygen atoms in total. The summed E-state index contributed by atoms with van der Waals surface area (Å²) in [4.78, 5) is 8.54. The molecule has 0 bridgehead atoms. The Morgan fingerprint density at radius 1 is 1.71 bits per heavy atom. The van der Waals surface area contributed by atoms with E-state index in [0.717, 1.165) is 0 Å². The first-order chi connectivity index (χ1) is 3.41. The van der Waals surface area contributed by atoms with Crippen molar-refractivity contribution in [3.8, 4) is 6.07 Å². The molecule has 40 valence electrons. The zero-order valence-electron chi connectivity index (χ0n) is 4.18. The van der Waals surface area contributed by atoms with Crippen LogP contribution < -0.4 is 0 Å². The maximum absolute atomic E-state index is 7.91. The van der Waals surface area contributed by atoms with Crippen LogP contribution in [-0.2, 0) is 9.78 Å². The van der Waals surface area contributed by atoms with E-state index in [1.807, 2.05) is 6.07 Å². The van der Waals surface area contributed by atoms with Gasteiger partial charge in [-0.2, -0.15) is 5.26 Å². The molecule has 0 aliphatic carbocycles. The molecule has 7 heavy (non-hydrogen) atoms. The van der Waals surface area contributed by atoms with E-state index < -0.39 is 0 Å². The van der Waals surface area contributed by atoms with Crippen LogP contribution in [0.3, 0.4) is 0 Å². The summed E-state index contributed by atoms with van der Waals surface area (Å²) in [7, 11) is 1.41. The SMILES string of the molecule is COOCCC#N. The van der Waals surface area contributed by atoms with Crippen molar-refractivity contribution in [1.29, 1.82) is 5.26 Å². The Bertz CT molecular complexity index is 66.6. The van der Waals surface area contributed by atoms with E-state index in [2.05, 4.69) is 9.78 Å². The highest BCUT2D eigenvalue weighted by Crippen LogP contribution is 1.76. The summed E-state index contributed by atoms with van der Waals surface area (Å²) in [5.41, 5.74) is 0. The van der Waals surface area contributed by atoms with Crippen molar-refractivity contribution in [3.05, 3.63) is 0 Å². The first-order valence-electron chi connectivity index (χ1n) is 1.94. The van der Waals surface area contributed by atoms with E-state index in [1.165, 1.54) is 7.11 Å². The summed E-state index contributed by atoms with van der Waals surface area (Å²) in [5.74, 6) is 0. The van der Waals surface area contributed by atoms with E-state index in [0.29, 0.717) is 13.0 Å². The van der Waals surface area contributed by atoms with Gasteiger partial charge in [0.2, 0.25) is 0 Å². The van der Waals surface area contributed by atoms with Gasteiger partial charge in [0, 0.05) is 0 Å². The van der Waals surface area contributed by atoms with Gasteiger partial charge in [0.25, 0.3) is 0 Å². The second-order valence-electron chi connectivity index (χ2n) is 0.897. The van der Waals surface area contributed by atoms with Crippen molar-refractivity contribution in [1.82, 2.24) is 0 Å². The fourth-order valence-corrected chi connectivity index (χ4v) is 0.171. The van der Waals surface area contributed by atoms with Crippen molar-refractivity contribution in [2.75, 3.05) is 13.7 Å². The second-order valence-corrected chi connectivity index (χ2v) is 0.897. The molecule has 0 aromatic heterocycles. The predicted molar refractivity (Wildman–Crippen MR) is 23.2 cm³/mol. The third-order valence-electron chi connectivity index (χ3n) is 0.415. The van der Waals surface area contributed by atoms with Gasteiger partial charge in [-0.3, -0.25) is 0 Å².